The van der Waals surface area contributed by atoms with E-state index >= 15 is 0 Å². The molecule has 0 aromatic heterocycles. The van der Waals surface area contributed by atoms with E-state index in [9.17, 15) is 19.2 Å². The molecule has 0 rings (SSSR count). The Morgan fingerprint density at radius 2 is 1.26 bits per heavy atom. The zero-order valence-corrected chi connectivity index (χ0v) is 15.0. The summed E-state index contributed by atoms with van der Waals surface area (Å²) in [5.74, 6) is -0.588. The maximum absolute atomic E-state index is 11.5. The number of rotatable bonds is 11. The normalized spacial score (nSPS) is 10.5. The number of nitrogens with one attached hydrogen (secondary N) is 3. The highest BCUT2D eigenvalue weighted by atomic mass is 32.2. The quantitative estimate of drug-likeness (QED) is 0.492. The Hall–Kier alpha value is -1.57. The van der Waals surface area contributed by atoms with Crippen LogP contribution in [0.2, 0.25) is 0 Å². The van der Waals surface area contributed by atoms with Gasteiger partial charge < -0.3 is 16.0 Å². The largest absolute Gasteiger partial charge is 0.347 e. The molecule has 0 saturated carbocycles. The van der Waals surface area contributed by atoms with Gasteiger partial charge in [-0.25, -0.2) is 0 Å². The molecule has 0 heterocycles. The first-order valence-electron chi connectivity index (χ1n) is 7.66. The molecule has 0 atom stereocenters. The Kier molecular flexibility index (Phi) is 11.1. The molecular weight excluding hydrogens is 318 g/mol. The first-order valence-corrected chi connectivity index (χ1v) is 8.71. The predicted octanol–water partition coefficient (Wildman–Crippen LogP) is 0.0918. The van der Waals surface area contributed by atoms with Crippen molar-refractivity contribution >= 4 is 35.3 Å². The minimum atomic E-state index is -0.444. The molecule has 0 fully saturated rings. The molecule has 8 heteroatoms. The number of Topliss-reactive ketones (excluding diaryl/α,β-unsaturated/α-hetero) is 1. The van der Waals surface area contributed by atoms with Gasteiger partial charge in [-0.3, -0.25) is 19.2 Å². The van der Waals surface area contributed by atoms with Gasteiger partial charge in [-0.15, -0.1) is 0 Å². The van der Waals surface area contributed by atoms with Crippen molar-refractivity contribution in [3.63, 3.8) is 0 Å². The van der Waals surface area contributed by atoms with E-state index in [4.69, 9.17) is 0 Å². The summed E-state index contributed by atoms with van der Waals surface area (Å²) >= 11 is 1.68. The molecule has 0 unspecified atom stereocenters. The number of carbonyl (C=O) groups is 4. The van der Waals surface area contributed by atoms with Crippen LogP contribution in [0.3, 0.4) is 0 Å². The van der Waals surface area contributed by atoms with E-state index in [1.165, 1.54) is 0 Å². The van der Waals surface area contributed by atoms with Gasteiger partial charge in [0.05, 0.1) is 19.6 Å². The number of hydrogen-bond acceptors (Lipinski definition) is 5. The molecule has 0 bridgehead atoms. The van der Waals surface area contributed by atoms with Crippen LogP contribution in [0.15, 0.2) is 0 Å². The van der Waals surface area contributed by atoms with Gasteiger partial charge in [-0.1, -0.05) is 27.7 Å². The second-order valence-electron chi connectivity index (χ2n) is 5.62. The second-order valence-corrected chi connectivity index (χ2v) is 7.31. The van der Waals surface area contributed by atoms with Crippen molar-refractivity contribution in [1.29, 1.82) is 0 Å². The maximum atomic E-state index is 11.5. The van der Waals surface area contributed by atoms with Crippen molar-refractivity contribution in [3.8, 4) is 0 Å². The molecule has 0 aromatic carbocycles. The molecule has 0 saturated heterocycles. The van der Waals surface area contributed by atoms with Crippen LogP contribution in [0.4, 0.5) is 0 Å². The summed E-state index contributed by atoms with van der Waals surface area (Å²) in [6.07, 6.45) is 0.355. The monoisotopic (exact) mass is 345 g/mol. The van der Waals surface area contributed by atoms with Crippen molar-refractivity contribution in [3.05, 3.63) is 0 Å². The highest BCUT2D eigenvalue weighted by Gasteiger charge is 2.11. The van der Waals surface area contributed by atoms with Gasteiger partial charge in [0.1, 0.15) is 0 Å². The van der Waals surface area contributed by atoms with Gasteiger partial charge in [0, 0.05) is 18.1 Å². The Bertz CT molecular complexity index is 425. The smallest absolute Gasteiger partial charge is 0.239 e. The molecule has 0 aromatic rings. The molecule has 132 valence electrons. The third kappa shape index (κ3) is 12.6. The van der Waals surface area contributed by atoms with Gasteiger partial charge in [-0.2, -0.15) is 11.8 Å². The average Bonchev–Trinajstić information content (AvgIpc) is 2.47. The van der Waals surface area contributed by atoms with Crippen LogP contribution >= 0.6 is 11.8 Å². The summed E-state index contributed by atoms with van der Waals surface area (Å²) in [6, 6.07) is 0. The van der Waals surface area contributed by atoms with E-state index in [1.807, 2.05) is 0 Å². The summed E-state index contributed by atoms with van der Waals surface area (Å²) in [5, 5.41) is 7.77. The van der Waals surface area contributed by atoms with Gasteiger partial charge in [-0.05, 0) is 5.25 Å². The van der Waals surface area contributed by atoms with Crippen molar-refractivity contribution in [2.75, 3.05) is 25.4 Å². The zero-order valence-electron chi connectivity index (χ0n) is 14.2. The fraction of sp³-hybridized carbons (Fsp3) is 0.733. The Labute approximate surface area is 141 Å². The third-order valence-electron chi connectivity index (χ3n) is 2.78. The van der Waals surface area contributed by atoms with Crippen LogP contribution in [-0.2, 0) is 19.2 Å². The van der Waals surface area contributed by atoms with Crippen LogP contribution in [0.25, 0.3) is 0 Å². The molecule has 7 nitrogen and oxygen atoms in total. The molecule has 3 N–H and O–H groups in total. The highest BCUT2D eigenvalue weighted by Crippen LogP contribution is 2.09. The minimum absolute atomic E-state index is 0.0450. The van der Waals surface area contributed by atoms with Crippen LogP contribution in [0, 0.1) is 5.92 Å². The van der Waals surface area contributed by atoms with E-state index in [0.29, 0.717) is 17.4 Å². The Morgan fingerprint density at radius 1 is 0.783 bits per heavy atom. The number of hydrogen-bond donors (Lipinski definition) is 3. The average molecular weight is 345 g/mol. The van der Waals surface area contributed by atoms with Gasteiger partial charge in [0.15, 0.2) is 5.78 Å². The third-order valence-corrected chi connectivity index (χ3v) is 3.88. The number of ketones is 1. The highest BCUT2D eigenvalue weighted by molar-refractivity contribution is 7.99. The predicted molar refractivity (Wildman–Crippen MR) is 91.1 cm³/mol. The first-order chi connectivity index (χ1) is 10.7. The lowest BCUT2D eigenvalue weighted by Gasteiger charge is -2.09. The molecule has 0 aliphatic rings. The van der Waals surface area contributed by atoms with Crippen molar-refractivity contribution in [2.24, 2.45) is 5.92 Å². The lowest BCUT2D eigenvalue weighted by molar-refractivity contribution is -0.128. The van der Waals surface area contributed by atoms with Crippen LogP contribution in [0.5, 0.6) is 0 Å². The summed E-state index contributed by atoms with van der Waals surface area (Å²) in [7, 11) is 0. The topological polar surface area (TPSA) is 104 Å². The Morgan fingerprint density at radius 3 is 1.74 bits per heavy atom. The van der Waals surface area contributed by atoms with E-state index in [1.54, 1.807) is 25.6 Å². The van der Waals surface area contributed by atoms with Crippen molar-refractivity contribution < 1.29 is 19.2 Å². The summed E-state index contributed by atoms with van der Waals surface area (Å²) in [5.41, 5.74) is 0. The number of thioether (sulfide) groups is 1. The summed E-state index contributed by atoms with van der Waals surface area (Å²) in [6.45, 7) is 7.17. The first kappa shape index (κ1) is 21.4. The standard InChI is InChI=1S/C15H27N3O4S/c1-10(2)12(19)7-16-14(21)9-18-15(22)8-17-13(20)5-6-23-11(3)4/h10-11H,5-9H2,1-4H3,(H,16,21)(H,17,20)(H,18,22). The van der Waals surface area contributed by atoms with Gasteiger partial charge in [0.2, 0.25) is 17.7 Å². The van der Waals surface area contributed by atoms with Crippen LogP contribution in [-0.4, -0.2) is 54.1 Å². The fourth-order valence-electron chi connectivity index (χ4n) is 1.35. The zero-order chi connectivity index (χ0) is 17.8. The number of carbonyl (C=O) groups excluding carboxylic acids is 4. The lowest BCUT2D eigenvalue weighted by atomic mass is 10.1. The van der Waals surface area contributed by atoms with Crippen molar-refractivity contribution in [2.45, 2.75) is 39.4 Å². The van der Waals surface area contributed by atoms with E-state index < -0.39 is 11.8 Å². The van der Waals surface area contributed by atoms with E-state index in [0.717, 1.165) is 0 Å². The Balaban J connectivity index is 3.76. The molecule has 0 aliphatic heterocycles. The fourth-order valence-corrected chi connectivity index (χ4v) is 2.12. The van der Waals surface area contributed by atoms with E-state index in [2.05, 4.69) is 29.8 Å². The molecule has 0 aliphatic carbocycles. The van der Waals surface area contributed by atoms with Crippen molar-refractivity contribution in [1.82, 2.24) is 16.0 Å². The molecule has 23 heavy (non-hydrogen) atoms. The minimum Gasteiger partial charge on any atom is -0.347 e. The lowest BCUT2D eigenvalue weighted by Crippen LogP contribution is -2.43. The number of amides is 3. The molecule has 0 radical (unpaired) electrons. The maximum Gasteiger partial charge on any atom is 0.239 e. The van der Waals surface area contributed by atoms with Crippen LogP contribution < -0.4 is 16.0 Å². The van der Waals surface area contributed by atoms with Gasteiger partial charge >= 0.3 is 0 Å². The van der Waals surface area contributed by atoms with E-state index in [-0.39, 0.29) is 37.2 Å². The SMILES string of the molecule is CC(C)SCCC(=O)NCC(=O)NCC(=O)NCC(=O)C(C)C. The molecule has 3 amide bonds. The molecular formula is C15H27N3O4S. The van der Waals surface area contributed by atoms with Gasteiger partial charge in [0.25, 0.3) is 0 Å². The summed E-state index contributed by atoms with van der Waals surface area (Å²) < 4.78 is 0. The second kappa shape index (κ2) is 11.9. The molecule has 0 spiro atoms. The van der Waals surface area contributed by atoms with Crippen LogP contribution in [0.1, 0.15) is 34.1 Å². The summed E-state index contributed by atoms with van der Waals surface area (Å²) in [4.78, 5) is 45.8.